The van der Waals surface area contributed by atoms with Crippen LogP contribution >= 0.6 is 0 Å². The van der Waals surface area contributed by atoms with Gasteiger partial charge in [0.05, 0.1) is 6.10 Å². The monoisotopic (exact) mass is 300 g/mol. The van der Waals surface area contributed by atoms with Gasteiger partial charge >= 0.3 is 0 Å². The van der Waals surface area contributed by atoms with Gasteiger partial charge in [0.1, 0.15) is 18.9 Å². The number of aliphatic hydroxyl groups is 1. The Hall–Kier alpha value is -1.82. The van der Waals surface area contributed by atoms with Crippen molar-refractivity contribution in [2.75, 3.05) is 0 Å². The Morgan fingerprint density at radius 1 is 1.38 bits per heavy atom. The summed E-state index contributed by atoms with van der Waals surface area (Å²) in [5.74, 6) is -0.0379. The zero-order valence-electron chi connectivity index (χ0n) is 13.4. The SMILES string of the molecule is C/C=C\C(N)=NC(=O)CCC.C=O.CC[C@@H](C=O)C(C)O. The highest BCUT2D eigenvalue weighted by Crippen LogP contribution is 2.02. The van der Waals surface area contributed by atoms with Crippen LogP contribution in [0.25, 0.3) is 0 Å². The maximum Gasteiger partial charge on any atom is 0.247 e. The topological polar surface area (TPSA) is 110 Å². The van der Waals surface area contributed by atoms with Gasteiger partial charge in [-0.15, -0.1) is 0 Å². The molecule has 6 nitrogen and oxygen atoms in total. The fraction of sp³-hybridized carbons (Fsp3) is 0.600. The summed E-state index contributed by atoms with van der Waals surface area (Å²) in [5.41, 5.74) is 5.36. The van der Waals surface area contributed by atoms with E-state index in [0.29, 0.717) is 6.42 Å². The smallest absolute Gasteiger partial charge is 0.247 e. The van der Waals surface area contributed by atoms with Crippen LogP contribution in [0.2, 0.25) is 0 Å². The summed E-state index contributed by atoms with van der Waals surface area (Å²) < 4.78 is 0. The van der Waals surface area contributed by atoms with E-state index < -0.39 is 6.10 Å². The van der Waals surface area contributed by atoms with Crippen LogP contribution in [0, 0.1) is 5.92 Å². The third-order valence-corrected chi connectivity index (χ3v) is 2.32. The zero-order valence-corrected chi connectivity index (χ0v) is 13.4. The molecule has 0 spiro atoms. The van der Waals surface area contributed by atoms with Crippen molar-refractivity contribution in [3.8, 4) is 0 Å². The minimum Gasteiger partial charge on any atom is -0.393 e. The number of hydrogen-bond acceptors (Lipinski definition) is 4. The standard InChI is InChI=1S/C8H14N2O.C6H12O2.CH2O/c1-3-5-7(9)10-8(11)6-4-2;1-3-6(4-7)5(2)8;1-2/h3,5H,4,6H2,1-2H3,(H2,9,10,11);4-6,8H,3H2,1-2H3;1H2/b5-3-;;/t;5?,6-;/m.0./s1. The van der Waals surface area contributed by atoms with E-state index in [1.807, 2.05) is 27.6 Å². The van der Waals surface area contributed by atoms with E-state index in [0.717, 1.165) is 19.1 Å². The molecule has 2 atom stereocenters. The van der Waals surface area contributed by atoms with Gasteiger partial charge in [0.15, 0.2) is 0 Å². The van der Waals surface area contributed by atoms with Crippen LogP contribution < -0.4 is 5.73 Å². The Morgan fingerprint density at radius 2 is 1.90 bits per heavy atom. The van der Waals surface area contributed by atoms with E-state index in [9.17, 15) is 9.59 Å². The lowest BCUT2D eigenvalue weighted by atomic mass is 10.0. The minimum absolute atomic E-state index is 0.150. The molecule has 0 saturated heterocycles. The molecule has 0 radical (unpaired) electrons. The molecule has 1 amide bonds. The quantitative estimate of drug-likeness (QED) is 0.440. The first-order valence-electron chi connectivity index (χ1n) is 6.84. The number of allylic oxidation sites excluding steroid dienone is 1. The van der Waals surface area contributed by atoms with Crippen molar-refractivity contribution < 1.29 is 19.5 Å². The number of aldehydes is 1. The third kappa shape index (κ3) is 18.2. The van der Waals surface area contributed by atoms with E-state index in [2.05, 4.69) is 4.99 Å². The van der Waals surface area contributed by atoms with Crippen molar-refractivity contribution in [3.63, 3.8) is 0 Å². The lowest BCUT2D eigenvalue weighted by molar-refractivity contribution is -0.118. The predicted molar refractivity (Wildman–Crippen MR) is 85.0 cm³/mol. The van der Waals surface area contributed by atoms with Crippen molar-refractivity contribution in [2.45, 2.75) is 53.1 Å². The summed E-state index contributed by atoms with van der Waals surface area (Å²) in [6, 6.07) is 0. The average Bonchev–Trinajstić information content (AvgIpc) is 2.43. The van der Waals surface area contributed by atoms with Crippen molar-refractivity contribution in [1.82, 2.24) is 0 Å². The molecule has 0 fully saturated rings. The van der Waals surface area contributed by atoms with E-state index in [1.54, 1.807) is 19.1 Å². The highest BCUT2D eigenvalue weighted by atomic mass is 16.3. The molecule has 0 heterocycles. The van der Waals surface area contributed by atoms with Crippen molar-refractivity contribution >= 4 is 24.8 Å². The number of rotatable bonds is 6. The first-order valence-corrected chi connectivity index (χ1v) is 6.84. The molecule has 0 saturated carbocycles. The molecule has 122 valence electrons. The summed E-state index contributed by atoms with van der Waals surface area (Å²) in [5, 5.41) is 8.78. The van der Waals surface area contributed by atoms with Gasteiger partial charge in [-0.1, -0.05) is 19.9 Å². The van der Waals surface area contributed by atoms with Crippen LogP contribution in [-0.2, 0) is 14.4 Å². The van der Waals surface area contributed by atoms with Crippen LogP contribution in [0.5, 0.6) is 0 Å². The highest BCUT2D eigenvalue weighted by Gasteiger charge is 2.09. The van der Waals surface area contributed by atoms with Gasteiger partial charge in [-0.05, 0) is 32.8 Å². The predicted octanol–water partition coefficient (Wildman–Crippen LogP) is 1.65. The molecule has 6 heteroatoms. The fourth-order valence-corrected chi connectivity index (χ4v) is 1.17. The van der Waals surface area contributed by atoms with Crippen LogP contribution in [0.3, 0.4) is 0 Å². The van der Waals surface area contributed by atoms with Gasteiger partial charge in [-0.3, -0.25) is 4.79 Å². The van der Waals surface area contributed by atoms with Gasteiger partial charge in [-0.2, -0.15) is 4.99 Å². The highest BCUT2D eigenvalue weighted by molar-refractivity contribution is 5.99. The molecule has 0 rings (SSSR count). The summed E-state index contributed by atoms with van der Waals surface area (Å²) >= 11 is 0. The second-order valence-corrected chi connectivity index (χ2v) is 4.13. The molecule has 0 aliphatic rings. The number of nitrogens with two attached hydrogens (primary N) is 1. The lowest BCUT2D eigenvalue weighted by Gasteiger charge is -2.08. The molecule has 0 aliphatic carbocycles. The number of hydrogen-bond donors (Lipinski definition) is 2. The molecular formula is C15H28N2O4. The van der Waals surface area contributed by atoms with Crippen LogP contribution in [0.1, 0.15) is 47.0 Å². The minimum atomic E-state index is -0.488. The van der Waals surface area contributed by atoms with Gasteiger partial charge in [0, 0.05) is 12.3 Å². The van der Waals surface area contributed by atoms with Crippen molar-refractivity contribution in [3.05, 3.63) is 12.2 Å². The molecule has 0 bridgehead atoms. The Kier molecular flexibility index (Phi) is 21.0. The Morgan fingerprint density at radius 3 is 2.14 bits per heavy atom. The van der Waals surface area contributed by atoms with Crippen molar-refractivity contribution in [1.29, 1.82) is 0 Å². The van der Waals surface area contributed by atoms with Crippen molar-refractivity contribution in [2.24, 2.45) is 16.6 Å². The van der Waals surface area contributed by atoms with Gasteiger partial charge in [-0.25, -0.2) is 0 Å². The molecule has 21 heavy (non-hydrogen) atoms. The van der Waals surface area contributed by atoms with E-state index >= 15 is 0 Å². The molecule has 1 unspecified atom stereocenters. The Balaban J connectivity index is -0.000000286. The fourth-order valence-electron chi connectivity index (χ4n) is 1.17. The largest absolute Gasteiger partial charge is 0.393 e. The van der Waals surface area contributed by atoms with E-state index in [-0.39, 0.29) is 17.7 Å². The van der Waals surface area contributed by atoms with E-state index in [4.69, 9.17) is 15.6 Å². The lowest BCUT2D eigenvalue weighted by Crippen LogP contribution is -2.16. The van der Waals surface area contributed by atoms with Gasteiger partial charge < -0.3 is 20.4 Å². The first kappa shape index (κ1) is 24.2. The van der Waals surface area contributed by atoms with Crippen LogP contribution in [-0.4, -0.2) is 36.0 Å². The number of aliphatic imine (C=N–C) groups is 1. The van der Waals surface area contributed by atoms with E-state index in [1.165, 1.54) is 0 Å². The number of carbonyl (C=O) groups is 3. The Bertz CT molecular complexity index is 326. The maximum absolute atomic E-state index is 10.8. The normalized spacial score (nSPS) is 13.3. The number of amidine groups is 1. The summed E-state index contributed by atoms with van der Waals surface area (Å²) in [6.45, 7) is 9.26. The number of nitrogens with zero attached hydrogens (tertiary/aromatic N) is 1. The zero-order chi connectivity index (χ0) is 17.3. The number of carbonyl (C=O) groups excluding carboxylic acids is 3. The molecular weight excluding hydrogens is 272 g/mol. The molecule has 3 N–H and O–H groups in total. The molecule has 0 aromatic rings. The summed E-state index contributed by atoms with van der Waals surface area (Å²) in [4.78, 5) is 32.5. The average molecular weight is 300 g/mol. The summed E-state index contributed by atoms with van der Waals surface area (Å²) in [6.07, 6.45) is 5.67. The van der Waals surface area contributed by atoms with Crippen LogP contribution in [0.15, 0.2) is 17.1 Å². The third-order valence-electron chi connectivity index (χ3n) is 2.32. The molecule has 0 aliphatic heterocycles. The molecule has 0 aromatic carbocycles. The molecule has 0 aromatic heterocycles. The summed E-state index contributed by atoms with van der Waals surface area (Å²) in [7, 11) is 0. The first-order chi connectivity index (χ1) is 9.92. The number of aliphatic hydroxyl groups excluding tert-OH is 1. The second kappa shape index (κ2) is 18.2. The maximum atomic E-state index is 10.8. The van der Waals surface area contributed by atoms with Gasteiger partial charge in [0.25, 0.3) is 0 Å². The second-order valence-electron chi connectivity index (χ2n) is 4.13. The van der Waals surface area contributed by atoms with Gasteiger partial charge in [0.2, 0.25) is 5.91 Å². The Labute approximate surface area is 127 Å². The number of amides is 1. The van der Waals surface area contributed by atoms with Crippen LogP contribution in [0.4, 0.5) is 0 Å².